The van der Waals surface area contributed by atoms with Gasteiger partial charge in [-0.25, -0.2) is 0 Å². The third kappa shape index (κ3) is 35.4. The van der Waals surface area contributed by atoms with Crippen molar-refractivity contribution >= 4 is 5.91 Å². The molecule has 6 N–H and O–H groups in total. The summed E-state index contributed by atoms with van der Waals surface area (Å²) in [6, 6.07) is -0.832. The molecular weight excluding hydrogens is 815 g/mol. The Balaban J connectivity index is 2.26. The van der Waals surface area contributed by atoms with Gasteiger partial charge in [0.25, 0.3) is 0 Å². The molecule has 7 atom stereocenters. The van der Waals surface area contributed by atoms with Gasteiger partial charge in [0, 0.05) is 6.42 Å². The van der Waals surface area contributed by atoms with Gasteiger partial charge in [0.15, 0.2) is 6.29 Å². The molecule has 0 aromatic rings. The Morgan fingerprint density at radius 1 is 0.523 bits per heavy atom. The van der Waals surface area contributed by atoms with Crippen LogP contribution in [0.2, 0.25) is 0 Å². The molecule has 9 nitrogen and oxygen atoms in total. The Morgan fingerprint density at radius 2 is 0.923 bits per heavy atom. The summed E-state index contributed by atoms with van der Waals surface area (Å²) in [5.41, 5.74) is 0. The SMILES string of the molecule is CCCCCCC/C=C\C/C=C\C/C=C\CCCCCCCCCCCCCCC(=O)NC(COC1OC(CO)C(O)C(O)C1O)C(O)/C=C/CC/C=C/CC/C=C/CCCCCCC. The highest BCUT2D eigenvalue weighted by Crippen LogP contribution is 2.23. The normalized spacial score (nSPS) is 20.5. The van der Waals surface area contributed by atoms with Crippen molar-refractivity contribution in [3.05, 3.63) is 72.9 Å². The summed E-state index contributed by atoms with van der Waals surface area (Å²) in [4.78, 5) is 13.0. The molecule has 1 heterocycles. The molecule has 0 radical (unpaired) electrons. The highest BCUT2D eigenvalue weighted by molar-refractivity contribution is 5.76. The molecule has 1 rings (SSSR count). The Kier molecular flexibility index (Phi) is 42.4. The number of unbranched alkanes of at least 4 members (excludes halogenated alkanes) is 24. The molecule has 0 bridgehead atoms. The van der Waals surface area contributed by atoms with Crippen molar-refractivity contribution in [2.75, 3.05) is 13.2 Å². The fourth-order valence-electron chi connectivity index (χ4n) is 7.96. The Morgan fingerprint density at radius 3 is 1.40 bits per heavy atom. The average molecular weight is 914 g/mol. The quantitative estimate of drug-likeness (QED) is 0.0261. The molecule has 0 aromatic carbocycles. The van der Waals surface area contributed by atoms with E-state index >= 15 is 0 Å². The molecule has 9 heteroatoms. The van der Waals surface area contributed by atoms with Crippen molar-refractivity contribution in [1.29, 1.82) is 0 Å². The average Bonchev–Trinajstić information content (AvgIpc) is 3.31. The molecule has 7 unspecified atom stereocenters. The fraction of sp³-hybridized carbons (Fsp3) is 0.768. The lowest BCUT2D eigenvalue weighted by Crippen LogP contribution is -2.60. The van der Waals surface area contributed by atoms with Crippen LogP contribution in [0.1, 0.15) is 219 Å². The Hall–Kier alpha value is -2.37. The largest absolute Gasteiger partial charge is 0.394 e. The molecule has 376 valence electrons. The van der Waals surface area contributed by atoms with E-state index in [-0.39, 0.29) is 12.5 Å². The van der Waals surface area contributed by atoms with Gasteiger partial charge in [0.2, 0.25) is 5.91 Å². The van der Waals surface area contributed by atoms with E-state index in [1.807, 2.05) is 6.08 Å². The molecule has 0 spiro atoms. The van der Waals surface area contributed by atoms with Crippen LogP contribution in [0.4, 0.5) is 0 Å². The van der Waals surface area contributed by atoms with E-state index in [1.165, 1.54) is 135 Å². The number of aliphatic hydroxyl groups excluding tert-OH is 5. The van der Waals surface area contributed by atoms with Crippen molar-refractivity contribution < 1.29 is 39.8 Å². The first kappa shape index (κ1) is 60.6. The summed E-state index contributed by atoms with van der Waals surface area (Å²) in [6.07, 6.45) is 55.3. The van der Waals surface area contributed by atoms with Crippen molar-refractivity contribution in [2.45, 2.75) is 262 Å². The standard InChI is InChI=1S/C56H99NO8/c1-3-5-7-9-11-13-15-17-19-20-21-22-23-24-25-26-27-28-29-30-32-34-36-38-40-42-44-46-52(60)57-49(48-64-56-55(63)54(62)53(61)51(47-58)65-56)50(59)45-43-41-39-37-35-33-31-18-16-14-12-10-8-6-4-2/h15-18,20-21,23-24,35,37,43,45,49-51,53-56,58-59,61-63H,3-14,19,22,25-34,36,38-42,44,46-48H2,1-2H3,(H,57,60)/b17-15-,18-16+,21-20-,24-23-,37-35+,45-43+. The fourth-order valence-corrected chi connectivity index (χ4v) is 7.96. The van der Waals surface area contributed by atoms with E-state index in [2.05, 4.69) is 79.9 Å². The van der Waals surface area contributed by atoms with Gasteiger partial charge < -0.3 is 40.3 Å². The molecule has 1 fully saturated rings. The Bertz CT molecular complexity index is 1240. The molecule has 1 aliphatic rings. The third-order valence-electron chi connectivity index (χ3n) is 12.2. The number of hydrogen-bond donors (Lipinski definition) is 6. The molecule has 0 saturated carbocycles. The van der Waals surface area contributed by atoms with Crippen LogP contribution in [0.25, 0.3) is 0 Å². The van der Waals surface area contributed by atoms with E-state index in [0.717, 1.165) is 64.2 Å². The second kappa shape index (κ2) is 45.4. The zero-order valence-corrected chi connectivity index (χ0v) is 41.5. The number of nitrogens with one attached hydrogen (secondary N) is 1. The summed E-state index contributed by atoms with van der Waals surface area (Å²) in [7, 11) is 0. The van der Waals surface area contributed by atoms with Crippen molar-refractivity contribution in [3.8, 4) is 0 Å². The predicted octanol–water partition coefficient (Wildman–Crippen LogP) is 12.5. The lowest BCUT2D eigenvalue weighted by Gasteiger charge is -2.40. The van der Waals surface area contributed by atoms with Gasteiger partial charge in [-0.1, -0.05) is 202 Å². The summed E-state index contributed by atoms with van der Waals surface area (Å²) < 4.78 is 11.2. The van der Waals surface area contributed by atoms with Crippen LogP contribution in [-0.2, 0) is 14.3 Å². The minimum atomic E-state index is -1.58. The van der Waals surface area contributed by atoms with Crippen LogP contribution in [0.15, 0.2) is 72.9 Å². The second-order valence-electron chi connectivity index (χ2n) is 18.3. The number of carbonyl (C=O) groups excluding carboxylic acids is 1. The van der Waals surface area contributed by atoms with Gasteiger partial charge in [-0.05, 0) is 83.5 Å². The summed E-state index contributed by atoms with van der Waals surface area (Å²) >= 11 is 0. The van der Waals surface area contributed by atoms with E-state index in [1.54, 1.807) is 6.08 Å². The lowest BCUT2D eigenvalue weighted by atomic mass is 9.99. The predicted molar refractivity (Wildman–Crippen MR) is 272 cm³/mol. The van der Waals surface area contributed by atoms with E-state index in [4.69, 9.17) is 9.47 Å². The number of hydrogen-bond acceptors (Lipinski definition) is 8. The molecule has 0 aromatic heterocycles. The van der Waals surface area contributed by atoms with E-state index in [0.29, 0.717) is 6.42 Å². The molecular formula is C56H99NO8. The Labute approximate surface area is 398 Å². The summed E-state index contributed by atoms with van der Waals surface area (Å²) in [6.45, 7) is 3.72. The zero-order valence-electron chi connectivity index (χ0n) is 41.5. The molecule has 65 heavy (non-hydrogen) atoms. The smallest absolute Gasteiger partial charge is 0.220 e. The van der Waals surface area contributed by atoms with Gasteiger partial charge in [0.1, 0.15) is 24.4 Å². The van der Waals surface area contributed by atoms with Crippen molar-refractivity contribution in [3.63, 3.8) is 0 Å². The zero-order chi connectivity index (χ0) is 47.3. The molecule has 1 amide bonds. The number of allylic oxidation sites excluding steroid dienone is 11. The van der Waals surface area contributed by atoms with E-state index < -0.39 is 49.5 Å². The topological polar surface area (TPSA) is 149 Å². The van der Waals surface area contributed by atoms with Crippen LogP contribution in [0.5, 0.6) is 0 Å². The maximum atomic E-state index is 13.0. The highest BCUT2D eigenvalue weighted by atomic mass is 16.7. The maximum Gasteiger partial charge on any atom is 0.220 e. The van der Waals surface area contributed by atoms with Gasteiger partial charge in [-0.3, -0.25) is 4.79 Å². The first-order chi connectivity index (χ1) is 31.8. The molecule has 1 aliphatic heterocycles. The van der Waals surface area contributed by atoms with Crippen LogP contribution < -0.4 is 5.32 Å². The number of rotatable bonds is 44. The van der Waals surface area contributed by atoms with E-state index in [9.17, 15) is 30.3 Å². The first-order valence-corrected chi connectivity index (χ1v) is 26.7. The van der Waals surface area contributed by atoms with Gasteiger partial charge in [0.05, 0.1) is 25.4 Å². The number of amides is 1. The van der Waals surface area contributed by atoms with Crippen LogP contribution in [0, 0.1) is 0 Å². The number of aliphatic hydroxyl groups is 5. The van der Waals surface area contributed by atoms with Crippen molar-refractivity contribution in [2.24, 2.45) is 0 Å². The lowest BCUT2D eigenvalue weighted by molar-refractivity contribution is -0.302. The molecule has 0 aliphatic carbocycles. The van der Waals surface area contributed by atoms with Gasteiger partial charge in [-0.2, -0.15) is 0 Å². The third-order valence-corrected chi connectivity index (χ3v) is 12.2. The van der Waals surface area contributed by atoms with Crippen molar-refractivity contribution in [1.82, 2.24) is 5.32 Å². The summed E-state index contributed by atoms with van der Waals surface area (Å²) in [5.74, 6) is -0.195. The number of ether oxygens (including phenoxy) is 2. The molecule has 1 saturated heterocycles. The van der Waals surface area contributed by atoms with Crippen LogP contribution >= 0.6 is 0 Å². The monoisotopic (exact) mass is 914 g/mol. The minimum absolute atomic E-state index is 0.195. The highest BCUT2D eigenvalue weighted by Gasteiger charge is 2.44. The van der Waals surface area contributed by atoms with Crippen LogP contribution in [-0.4, -0.2) is 87.5 Å². The van der Waals surface area contributed by atoms with Gasteiger partial charge in [-0.15, -0.1) is 0 Å². The maximum absolute atomic E-state index is 13.0. The first-order valence-electron chi connectivity index (χ1n) is 26.7. The van der Waals surface area contributed by atoms with Crippen LogP contribution in [0.3, 0.4) is 0 Å². The second-order valence-corrected chi connectivity index (χ2v) is 18.3. The summed E-state index contributed by atoms with van der Waals surface area (Å²) in [5, 5.41) is 54.3. The minimum Gasteiger partial charge on any atom is -0.394 e. The number of carbonyl (C=O) groups is 1. The van der Waals surface area contributed by atoms with Gasteiger partial charge >= 0.3 is 0 Å².